The van der Waals surface area contributed by atoms with Gasteiger partial charge >= 0.3 is 0 Å². The Kier molecular flexibility index (Phi) is 2.53. The zero-order valence-electron chi connectivity index (χ0n) is 10.0. The van der Waals surface area contributed by atoms with Crippen LogP contribution in [-0.2, 0) is 19.2 Å². The van der Waals surface area contributed by atoms with E-state index >= 15 is 0 Å². The summed E-state index contributed by atoms with van der Waals surface area (Å²) in [6.45, 7) is 0. The summed E-state index contributed by atoms with van der Waals surface area (Å²) in [6.07, 6.45) is 5.81. The molecule has 1 aromatic heterocycles. The van der Waals surface area contributed by atoms with Gasteiger partial charge in [-0.05, 0) is 12.1 Å². The van der Waals surface area contributed by atoms with Crippen molar-refractivity contribution >= 4 is 35.1 Å². The predicted octanol–water partition coefficient (Wildman–Crippen LogP) is -0.0596. The van der Waals surface area contributed by atoms with E-state index in [1.165, 1.54) is 18.3 Å². The van der Waals surface area contributed by atoms with Crippen molar-refractivity contribution in [3.8, 4) is 0 Å². The quantitative estimate of drug-likeness (QED) is 0.702. The second-order valence-electron chi connectivity index (χ2n) is 4.04. The zero-order valence-corrected chi connectivity index (χ0v) is 10.0. The molecule has 0 radical (unpaired) electrons. The fourth-order valence-electron chi connectivity index (χ4n) is 1.98. The lowest BCUT2D eigenvalue weighted by atomic mass is 10.3. The second-order valence-corrected chi connectivity index (χ2v) is 4.04. The molecule has 7 heteroatoms. The molecule has 0 saturated carbocycles. The van der Waals surface area contributed by atoms with Crippen LogP contribution in [0.3, 0.4) is 0 Å². The second kappa shape index (κ2) is 4.23. The number of amides is 4. The highest BCUT2D eigenvalue weighted by atomic mass is 16.2. The lowest BCUT2D eigenvalue weighted by Crippen LogP contribution is -2.35. The standard InChI is InChI=1S/C13H7N3O4/c17-9-3-4-10(18)15(9)8-2-1-7-14-13(8)16-11(19)5-6-12(16)20/h1-7H. The maximum atomic E-state index is 11.7. The highest BCUT2D eigenvalue weighted by Gasteiger charge is 2.34. The Morgan fingerprint density at radius 2 is 1.25 bits per heavy atom. The molecular weight excluding hydrogens is 262 g/mol. The molecule has 98 valence electrons. The number of imide groups is 2. The van der Waals surface area contributed by atoms with Crippen molar-refractivity contribution in [2.75, 3.05) is 9.80 Å². The topological polar surface area (TPSA) is 87.7 Å². The number of carbonyl (C=O) groups is 4. The van der Waals surface area contributed by atoms with Gasteiger partial charge in [-0.2, -0.15) is 0 Å². The van der Waals surface area contributed by atoms with E-state index in [1.807, 2.05) is 0 Å². The number of rotatable bonds is 2. The first-order chi connectivity index (χ1) is 9.59. The van der Waals surface area contributed by atoms with Gasteiger partial charge in [-0.1, -0.05) is 0 Å². The summed E-state index contributed by atoms with van der Waals surface area (Å²) in [5.41, 5.74) is 0.0953. The van der Waals surface area contributed by atoms with E-state index in [0.29, 0.717) is 0 Å². The number of pyridine rings is 1. The molecule has 20 heavy (non-hydrogen) atoms. The van der Waals surface area contributed by atoms with E-state index < -0.39 is 23.6 Å². The van der Waals surface area contributed by atoms with Crippen molar-refractivity contribution in [1.82, 2.24) is 4.98 Å². The SMILES string of the molecule is O=C1C=CC(=O)N1c1cccnc1N1C(=O)C=CC1=O. The third-order valence-electron chi connectivity index (χ3n) is 2.84. The predicted molar refractivity (Wildman–Crippen MR) is 67.5 cm³/mol. The molecule has 2 aliphatic rings. The molecule has 4 amide bonds. The summed E-state index contributed by atoms with van der Waals surface area (Å²) in [7, 11) is 0. The Balaban J connectivity index is 2.10. The number of nitrogens with zero attached hydrogens (tertiary/aromatic N) is 3. The highest BCUT2D eigenvalue weighted by Crippen LogP contribution is 2.30. The Morgan fingerprint density at radius 3 is 1.80 bits per heavy atom. The average molecular weight is 269 g/mol. The number of hydrogen-bond donors (Lipinski definition) is 0. The minimum atomic E-state index is -0.568. The molecule has 0 fully saturated rings. The van der Waals surface area contributed by atoms with Crippen molar-refractivity contribution in [3.05, 3.63) is 42.6 Å². The molecule has 0 bridgehead atoms. The van der Waals surface area contributed by atoms with E-state index in [-0.39, 0.29) is 11.5 Å². The number of aromatic nitrogens is 1. The normalized spacial score (nSPS) is 17.8. The van der Waals surface area contributed by atoms with Crippen LogP contribution in [0.5, 0.6) is 0 Å². The van der Waals surface area contributed by atoms with Gasteiger partial charge in [0.1, 0.15) is 0 Å². The van der Waals surface area contributed by atoms with Crippen molar-refractivity contribution in [2.45, 2.75) is 0 Å². The molecule has 3 heterocycles. The Hall–Kier alpha value is -3.09. The smallest absolute Gasteiger partial charge is 0.259 e. The van der Waals surface area contributed by atoms with Crippen LogP contribution in [0.4, 0.5) is 11.5 Å². The van der Waals surface area contributed by atoms with Gasteiger partial charge in [0.05, 0.1) is 5.69 Å². The Morgan fingerprint density at radius 1 is 0.750 bits per heavy atom. The van der Waals surface area contributed by atoms with Gasteiger partial charge in [-0.15, -0.1) is 0 Å². The first kappa shape index (κ1) is 12.0. The summed E-state index contributed by atoms with van der Waals surface area (Å²) >= 11 is 0. The largest absolute Gasteiger partial charge is 0.269 e. The van der Waals surface area contributed by atoms with E-state index in [1.54, 1.807) is 0 Å². The van der Waals surface area contributed by atoms with Crippen LogP contribution in [0.1, 0.15) is 0 Å². The lowest BCUT2D eigenvalue weighted by molar-refractivity contribution is -0.122. The maximum absolute atomic E-state index is 11.7. The van der Waals surface area contributed by atoms with E-state index in [2.05, 4.69) is 4.98 Å². The minimum absolute atomic E-state index is 0.0436. The summed E-state index contributed by atoms with van der Waals surface area (Å²) in [5.74, 6) is -2.27. The molecule has 0 saturated heterocycles. The van der Waals surface area contributed by atoms with Gasteiger partial charge in [0.2, 0.25) is 0 Å². The highest BCUT2D eigenvalue weighted by molar-refractivity contribution is 6.32. The third kappa shape index (κ3) is 1.64. The third-order valence-corrected chi connectivity index (χ3v) is 2.84. The molecule has 0 atom stereocenters. The lowest BCUT2D eigenvalue weighted by Gasteiger charge is -2.21. The van der Waals surface area contributed by atoms with Gasteiger partial charge in [-0.25, -0.2) is 14.8 Å². The van der Waals surface area contributed by atoms with Crippen LogP contribution < -0.4 is 9.80 Å². The molecule has 0 unspecified atom stereocenters. The zero-order chi connectivity index (χ0) is 14.3. The van der Waals surface area contributed by atoms with Gasteiger partial charge < -0.3 is 0 Å². The fourth-order valence-corrected chi connectivity index (χ4v) is 1.98. The van der Waals surface area contributed by atoms with Gasteiger partial charge in [-0.3, -0.25) is 19.2 Å². The van der Waals surface area contributed by atoms with Gasteiger partial charge in [0, 0.05) is 30.5 Å². The van der Waals surface area contributed by atoms with Crippen LogP contribution in [0.15, 0.2) is 42.6 Å². The summed E-state index contributed by atoms with van der Waals surface area (Å²) < 4.78 is 0. The molecule has 0 spiro atoms. The molecule has 2 aliphatic heterocycles. The maximum Gasteiger partial charge on any atom is 0.259 e. The fraction of sp³-hybridized carbons (Fsp3) is 0. The molecule has 0 N–H and O–H groups in total. The summed E-state index contributed by atoms with van der Waals surface area (Å²) in [6, 6.07) is 2.96. The number of anilines is 2. The van der Waals surface area contributed by atoms with Crippen LogP contribution in [-0.4, -0.2) is 28.6 Å². The first-order valence-electron chi connectivity index (χ1n) is 5.67. The monoisotopic (exact) mass is 269 g/mol. The minimum Gasteiger partial charge on any atom is -0.269 e. The molecule has 3 rings (SSSR count). The summed E-state index contributed by atoms with van der Waals surface area (Å²) in [5, 5.41) is 0. The van der Waals surface area contributed by atoms with Crippen LogP contribution in [0.25, 0.3) is 0 Å². The van der Waals surface area contributed by atoms with Crippen LogP contribution in [0, 0.1) is 0 Å². The Labute approximate surface area is 112 Å². The average Bonchev–Trinajstić information content (AvgIpc) is 2.93. The van der Waals surface area contributed by atoms with Crippen LogP contribution in [0.2, 0.25) is 0 Å². The van der Waals surface area contributed by atoms with Crippen molar-refractivity contribution in [3.63, 3.8) is 0 Å². The molecule has 7 nitrogen and oxygen atoms in total. The van der Waals surface area contributed by atoms with Crippen molar-refractivity contribution in [2.24, 2.45) is 0 Å². The van der Waals surface area contributed by atoms with E-state index in [4.69, 9.17) is 0 Å². The van der Waals surface area contributed by atoms with Crippen molar-refractivity contribution < 1.29 is 19.2 Å². The first-order valence-corrected chi connectivity index (χ1v) is 5.67. The van der Waals surface area contributed by atoms with Crippen molar-refractivity contribution in [1.29, 1.82) is 0 Å². The number of carbonyl (C=O) groups excluding carboxylic acids is 4. The molecule has 1 aromatic rings. The summed E-state index contributed by atoms with van der Waals surface area (Å²) in [4.78, 5) is 52.4. The van der Waals surface area contributed by atoms with E-state index in [9.17, 15) is 19.2 Å². The number of hydrogen-bond acceptors (Lipinski definition) is 5. The van der Waals surface area contributed by atoms with Crippen LogP contribution >= 0.6 is 0 Å². The molecular formula is C13H7N3O4. The Bertz CT molecular complexity index is 623. The molecule has 0 aliphatic carbocycles. The molecule has 0 aromatic carbocycles. The van der Waals surface area contributed by atoms with Gasteiger partial charge in [0.25, 0.3) is 23.6 Å². The van der Waals surface area contributed by atoms with Gasteiger partial charge in [0.15, 0.2) is 5.82 Å². The van der Waals surface area contributed by atoms with E-state index in [0.717, 1.165) is 34.1 Å².